The zero-order chi connectivity index (χ0) is 92.0. The second-order valence-electron chi connectivity index (χ2n) is 34.4. The van der Waals surface area contributed by atoms with Crippen molar-refractivity contribution in [2.45, 2.75) is 120 Å². The first-order chi connectivity index (χ1) is 62.2. The Bertz CT molecular complexity index is 7700. The standard InChI is InChI=1S/C27H24FN3O4.C27H26FN3O2.2C25H22FN3O2/c1-13(2)23-24(18-8-14(3)9-21-17(18)5-7-31(21)12-22(32)33)26(27(34)35)30-25(23)19-10-15(28)11-20-16(19)4-6-29-20;1-15(2)24-25(20-5-4-6-23-19(20)8-10-31(23)11-12-32)26(16(3)33)30-27(24)21-13-17(28)14-22-18(21)7-9-29-22;2*1-12(2)21-22(17-8-13(3)9-19-15(17)4-6-27-19)24(25(30)31)29-23(21)18-10-14(26)11-20-16(18)5-7-28-20/h4-11,13,29-30H,12H2,1-3H3,(H,32,33)(H,34,35);4-10,13-15,29-30,32H,11-12H2,1-3H3;2*4-12,27-29H,1-3H3,(H,30,31). The molecule has 0 bridgehead atoms. The van der Waals surface area contributed by atoms with E-state index < -0.39 is 29.7 Å². The van der Waals surface area contributed by atoms with Crippen molar-refractivity contribution in [3.8, 4) is 89.5 Å². The quantitative estimate of drug-likeness (QED) is 0.0253. The van der Waals surface area contributed by atoms with Gasteiger partial charge >= 0.3 is 23.9 Å². The number of nitrogens with one attached hydrogen (secondary N) is 10. The summed E-state index contributed by atoms with van der Waals surface area (Å²) in [5, 5.41) is 56.1. The molecule has 0 atom stereocenters. The van der Waals surface area contributed by atoms with Gasteiger partial charge < -0.3 is 84.5 Å². The third-order valence-corrected chi connectivity index (χ3v) is 24.3. The van der Waals surface area contributed by atoms with Crippen LogP contribution in [0.25, 0.3) is 177 Å². The van der Waals surface area contributed by atoms with Crippen molar-refractivity contribution in [2.75, 3.05) is 6.61 Å². The Morgan fingerprint density at radius 2 is 0.623 bits per heavy atom. The SMILES string of the molecule is CC(=O)c1[nH]c(-c2cc(F)cc3[nH]ccc23)c(C(C)C)c1-c1cccc2c1ccn2CCO.Cc1cc(-c2c(C(=O)O)[nH]c(-c3cc(F)cc4[nH]ccc34)c2C(C)C)c2cc[nH]c2c1.Cc1cc(-c2c(C(=O)O)[nH]c(-c3cc(F)cc4[nH]ccc34)c2C(C)C)c2cc[nH]c2c1.Cc1cc(-c2c(C(=O)O)[nH]c(-c3cc(F)cc4[nH]ccc34)c2C(C)C)c2ccn(CC(=O)O)c2c1. The number of aliphatic carboxylic acids is 1. The molecule has 0 aliphatic rings. The van der Waals surface area contributed by atoms with Gasteiger partial charge in [-0.05, 0) is 227 Å². The first-order valence-corrected chi connectivity index (χ1v) is 42.7. The van der Waals surface area contributed by atoms with Gasteiger partial charge in [-0.15, -0.1) is 0 Å². The molecule has 26 heteroatoms. The maximum absolute atomic E-state index is 14.5. The number of aliphatic hydroxyl groups is 1. The van der Waals surface area contributed by atoms with Crippen LogP contribution in [0.5, 0.6) is 0 Å². The Kier molecular flexibility index (Phi) is 22.8. The van der Waals surface area contributed by atoms with Crippen molar-refractivity contribution in [3.63, 3.8) is 0 Å². The molecule has 20 aromatic rings. The van der Waals surface area contributed by atoms with Gasteiger partial charge in [-0.1, -0.05) is 85.7 Å². The molecule has 130 heavy (non-hydrogen) atoms. The van der Waals surface area contributed by atoms with Gasteiger partial charge in [0.15, 0.2) is 5.78 Å². The van der Waals surface area contributed by atoms with Crippen LogP contribution in [-0.4, -0.2) is 121 Å². The summed E-state index contributed by atoms with van der Waals surface area (Å²) < 4.78 is 61.6. The van der Waals surface area contributed by atoms with Gasteiger partial charge in [0.1, 0.15) is 46.9 Å². The number of benzene rings is 8. The first-order valence-electron chi connectivity index (χ1n) is 42.7. The highest BCUT2D eigenvalue weighted by atomic mass is 19.1. The van der Waals surface area contributed by atoms with Gasteiger partial charge in [0.05, 0.1) is 35.1 Å². The highest BCUT2D eigenvalue weighted by Crippen LogP contribution is 2.51. The fourth-order valence-electron chi connectivity index (χ4n) is 19.1. The van der Waals surface area contributed by atoms with Gasteiger partial charge in [-0.2, -0.15) is 0 Å². The number of nitrogens with zero attached hydrogens (tertiary/aromatic N) is 2. The normalized spacial score (nSPS) is 11.8. The second-order valence-corrected chi connectivity index (χ2v) is 34.4. The van der Waals surface area contributed by atoms with Gasteiger partial charge in [0, 0.05) is 195 Å². The molecule has 0 aliphatic carbocycles. The summed E-state index contributed by atoms with van der Waals surface area (Å²) in [4.78, 5) is 92.8. The fourth-order valence-corrected chi connectivity index (χ4v) is 19.1. The number of aromatic nitrogens is 12. The third kappa shape index (κ3) is 15.6. The Balaban J connectivity index is 0.000000122. The number of aromatic amines is 10. The minimum absolute atomic E-state index is 0.00103. The number of aryl methyl sites for hydroxylation is 3. The van der Waals surface area contributed by atoms with E-state index in [2.05, 4.69) is 63.7 Å². The number of carbonyl (C=O) groups excluding carboxylic acids is 1. The molecule has 12 heterocycles. The predicted molar refractivity (Wildman–Crippen MR) is 505 cm³/mol. The van der Waals surface area contributed by atoms with E-state index in [1.54, 1.807) is 42.5 Å². The monoisotopic (exact) mass is 1750 g/mol. The van der Waals surface area contributed by atoms with Crippen molar-refractivity contribution < 1.29 is 67.1 Å². The Hall–Kier alpha value is -15.6. The van der Waals surface area contributed by atoms with Crippen LogP contribution in [0.2, 0.25) is 0 Å². The number of aromatic carboxylic acids is 3. The second kappa shape index (κ2) is 34.3. The summed E-state index contributed by atoms with van der Waals surface area (Å²) >= 11 is 0. The zero-order valence-electron chi connectivity index (χ0n) is 73.2. The lowest BCUT2D eigenvalue weighted by molar-refractivity contribution is -0.137. The van der Waals surface area contributed by atoms with Crippen LogP contribution in [0.3, 0.4) is 0 Å². The Morgan fingerprint density at radius 1 is 0.331 bits per heavy atom. The van der Waals surface area contributed by atoms with E-state index in [1.165, 1.54) is 48.5 Å². The number of aliphatic hydroxyl groups excluding tert-OH is 1. The molecule has 0 radical (unpaired) electrons. The number of halogens is 4. The van der Waals surface area contributed by atoms with Gasteiger partial charge in [-0.3, -0.25) is 9.59 Å². The number of Topliss-reactive ketones (excluding diaryl/α,β-unsaturated/α-hetero) is 1. The Morgan fingerprint density at radius 3 is 0.938 bits per heavy atom. The maximum Gasteiger partial charge on any atom is 0.352 e. The highest BCUT2D eigenvalue weighted by Gasteiger charge is 2.34. The Labute approximate surface area is 741 Å². The molecule has 15 N–H and O–H groups in total. The molecule has 22 nitrogen and oxygen atoms in total. The van der Waals surface area contributed by atoms with Gasteiger partial charge in [0.2, 0.25) is 0 Å². The molecule has 0 saturated carbocycles. The van der Waals surface area contributed by atoms with Crippen molar-refractivity contribution in [1.29, 1.82) is 0 Å². The summed E-state index contributed by atoms with van der Waals surface area (Å²) in [5.41, 5.74) is 24.6. The molecule has 0 unspecified atom stereocenters. The lowest BCUT2D eigenvalue weighted by Gasteiger charge is -2.15. The van der Waals surface area contributed by atoms with E-state index in [-0.39, 0.29) is 77.1 Å². The molecular weight excluding hydrogens is 1650 g/mol. The molecule has 0 fully saturated rings. The van der Waals surface area contributed by atoms with Crippen LogP contribution in [-0.2, 0) is 17.9 Å². The molecule has 0 amide bonds. The van der Waals surface area contributed by atoms with Crippen LogP contribution in [0.1, 0.15) is 167 Å². The van der Waals surface area contributed by atoms with Gasteiger partial charge in [-0.25, -0.2) is 31.9 Å². The summed E-state index contributed by atoms with van der Waals surface area (Å²) in [6.07, 6.45) is 14.4. The van der Waals surface area contributed by atoms with E-state index in [1.807, 2.05) is 189 Å². The van der Waals surface area contributed by atoms with Crippen LogP contribution in [0, 0.1) is 44.0 Å². The van der Waals surface area contributed by atoms with Crippen LogP contribution < -0.4 is 0 Å². The van der Waals surface area contributed by atoms with E-state index in [0.29, 0.717) is 95.8 Å². The number of carboxylic acids is 4. The van der Waals surface area contributed by atoms with E-state index >= 15 is 0 Å². The average molecular weight is 1750 g/mol. The summed E-state index contributed by atoms with van der Waals surface area (Å²) in [5.74, 6) is -5.81. The van der Waals surface area contributed by atoms with Crippen LogP contribution >= 0.6 is 0 Å². The number of hydrogen-bond donors (Lipinski definition) is 15. The minimum Gasteiger partial charge on any atom is -0.480 e. The molecule has 0 saturated heterocycles. The van der Waals surface area contributed by atoms with Crippen molar-refractivity contribution in [2.24, 2.45) is 0 Å². The number of ketones is 1. The topological polar surface area (TPSA) is 354 Å². The van der Waals surface area contributed by atoms with Gasteiger partial charge in [0.25, 0.3) is 0 Å². The minimum atomic E-state index is -1.13. The number of H-pyrrole nitrogens is 10. The average Bonchev–Trinajstić information content (AvgIpc) is 1.60. The smallest absolute Gasteiger partial charge is 0.352 e. The molecular formula is C104H94F4N12O10. The molecule has 12 aromatic heterocycles. The summed E-state index contributed by atoms with van der Waals surface area (Å²) in [6.45, 7) is 24.0. The number of carbonyl (C=O) groups is 5. The van der Waals surface area contributed by atoms with E-state index in [4.69, 9.17) is 0 Å². The lowest BCUT2D eigenvalue weighted by atomic mass is 9.88. The summed E-state index contributed by atoms with van der Waals surface area (Å²) in [7, 11) is 0. The first kappa shape index (κ1) is 86.5. The molecule has 8 aromatic carbocycles. The van der Waals surface area contributed by atoms with Crippen LogP contribution in [0.15, 0.2) is 201 Å². The van der Waals surface area contributed by atoms with E-state index in [9.17, 15) is 67.1 Å². The van der Waals surface area contributed by atoms with Crippen molar-refractivity contribution in [1.82, 2.24) is 59.0 Å². The van der Waals surface area contributed by atoms with E-state index in [0.717, 1.165) is 132 Å². The number of carboxylic acid groups (broad SMARTS) is 4. The lowest BCUT2D eigenvalue weighted by Crippen LogP contribution is -2.07. The van der Waals surface area contributed by atoms with Crippen molar-refractivity contribution >= 4 is 117 Å². The highest BCUT2D eigenvalue weighted by molar-refractivity contribution is 6.13. The van der Waals surface area contributed by atoms with Crippen LogP contribution in [0.4, 0.5) is 17.6 Å². The third-order valence-electron chi connectivity index (χ3n) is 24.3. The number of fused-ring (bicyclic) bond motifs is 8. The maximum atomic E-state index is 14.5. The zero-order valence-corrected chi connectivity index (χ0v) is 73.2. The number of hydrogen-bond acceptors (Lipinski definition) is 6. The largest absolute Gasteiger partial charge is 0.480 e. The summed E-state index contributed by atoms with van der Waals surface area (Å²) in [6, 6.07) is 44.8. The molecule has 0 aliphatic heterocycles. The molecule has 0 spiro atoms. The fraction of sp³-hybridized carbons (Fsp3) is 0.183. The van der Waals surface area contributed by atoms with Crippen molar-refractivity contribution in [3.05, 3.63) is 286 Å². The molecule has 658 valence electrons. The predicted octanol–water partition coefficient (Wildman–Crippen LogP) is 25.5. The number of rotatable bonds is 20. The molecule has 20 rings (SSSR count).